The number of rotatable bonds is 4. The van der Waals surface area contributed by atoms with E-state index in [1.54, 1.807) is 12.1 Å². The molecule has 0 unspecified atom stereocenters. The van der Waals surface area contributed by atoms with Crippen LogP contribution in [0.5, 0.6) is 0 Å². The average Bonchev–Trinajstić information content (AvgIpc) is 2.53. The topological polar surface area (TPSA) is 17.1 Å². The van der Waals surface area contributed by atoms with E-state index in [1.165, 1.54) is 17.2 Å². The predicted octanol–water partition coefficient (Wildman–Crippen LogP) is 5.71. The summed E-state index contributed by atoms with van der Waals surface area (Å²) in [6.45, 7) is 5.96. The third-order valence-electron chi connectivity index (χ3n) is 4.28. The Hall–Kier alpha value is -2.81. The zero-order valence-electron chi connectivity index (χ0n) is 15.1. The Kier molecular flexibility index (Phi) is 4.99. The quantitative estimate of drug-likeness (QED) is 0.551. The summed E-state index contributed by atoms with van der Waals surface area (Å²) in [5.41, 5.74) is 5.12. The third-order valence-corrected chi connectivity index (χ3v) is 4.28. The predicted molar refractivity (Wildman–Crippen MR) is 99.7 cm³/mol. The van der Waals surface area contributed by atoms with Crippen LogP contribution in [0.15, 0.2) is 54.6 Å². The van der Waals surface area contributed by atoms with E-state index in [0.717, 1.165) is 28.8 Å². The van der Waals surface area contributed by atoms with Crippen LogP contribution in [-0.4, -0.2) is 5.78 Å². The van der Waals surface area contributed by atoms with Crippen molar-refractivity contribution < 1.29 is 13.6 Å². The molecule has 3 aromatic rings. The molecule has 0 aliphatic heterocycles. The summed E-state index contributed by atoms with van der Waals surface area (Å²) in [5, 5.41) is 0. The molecular formula is C23H20F2O. The fourth-order valence-electron chi connectivity index (χ4n) is 3.36. The number of benzene rings is 3. The number of carbonyl (C=O) groups is 1. The van der Waals surface area contributed by atoms with E-state index in [2.05, 4.69) is 18.2 Å². The molecule has 0 saturated heterocycles. The van der Waals surface area contributed by atoms with E-state index < -0.39 is 23.0 Å². The lowest BCUT2D eigenvalue weighted by Crippen LogP contribution is -2.08. The second kappa shape index (κ2) is 7.20. The lowest BCUT2D eigenvalue weighted by atomic mass is 9.95. The van der Waals surface area contributed by atoms with Crippen LogP contribution in [0.1, 0.15) is 43.7 Å². The highest BCUT2D eigenvalue weighted by Gasteiger charge is 2.19. The van der Waals surface area contributed by atoms with Gasteiger partial charge in [0.1, 0.15) is 11.6 Å². The number of carbonyl (C=O) groups excluding carboxylic acids is 1. The van der Waals surface area contributed by atoms with Crippen molar-refractivity contribution in [3.63, 3.8) is 0 Å². The lowest BCUT2D eigenvalue weighted by molar-refractivity contribution is 0.103. The standard InChI is InChI=1S/C23H20F2O/c1-14-7-15(2)9-17(8-14)12-18-10-16(3)11-19(13-18)23(26)22-20(24)5-4-6-21(22)25/h4-11,13H,12H2,1-3H3. The Morgan fingerprint density at radius 1 is 0.769 bits per heavy atom. The van der Waals surface area contributed by atoms with Gasteiger partial charge >= 0.3 is 0 Å². The van der Waals surface area contributed by atoms with E-state index in [-0.39, 0.29) is 0 Å². The van der Waals surface area contributed by atoms with Crippen LogP contribution in [0.25, 0.3) is 0 Å². The second-order valence-electron chi connectivity index (χ2n) is 6.81. The molecule has 0 aliphatic carbocycles. The molecule has 0 aromatic heterocycles. The maximum absolute atomic E-state index is 14.0. The maximum Gasteiger partial charge on any atom is 0.198 e. The van der Waals surface area contributed by atoms with Gasteiger partial charge in [-0.2, -0.15) is 0 Å². The summed E-state index contributed by atoms with van der Waals surface area (Å²) in [5.74, 6) is -2.31. The van der Waals surface area contributed by atoms with Crippen molar-refractivity contribution in [1.29, 1.82) is 0 Å². The highest BCUT2D eigenvalue weighted by Crippen LogP contribution is 2.21. The summed E-state index contributed by atoms with van der Waals surface area (Å²) >= 11 is 0. The minimum atomic E-state index is -0.840. The van der Waals surface area contributed by atoms with Gasteiger partial charge in [0.05, 0.1) is 5.56 Å². The molecule has 3 heteroatoms. The van der Waals surface area contributed by atoms with Crippen molar-refractivity contribution in [2.45, 2.75) is 27.2 Å². The van der Waals surface area contributed by atoms with Crippen molar-refractivity contribution in [2.75, 3.05) is 0 Å². The first-order chi connectivity index (χ1) is 12.3. The first-order valence-electron chi connectivity index (χ1n) is 8.50. The average molecular weight is 350 g/mol. The fourth-order valence-corrected chi connectivity index (χ4v) is 3.36. The maximum atomic E-state index is 14.0. The van der Waals surface area contributed by atoms with Crippen molar-refractivity contribution in [3.05, 3.63) is 105 Å². The summed E-state index contributed by atoms with van der Waals surface area (Å²) < 4.78 is 27.9. The summed E-state index contributed by atoms with van der Waals surface area (Å²) in [4.78, 5) is 12.7. The smallest absolute Gasteiger partial charge is 0.198 e. The van der Waals surface area contributed by atoms with Gasteiger partial charge in [-0.1, -0.05) is 47.0 Å². The SMILES string of the molecule is Cc1cc(C)cc(Cc2cc(C)cc(C(=O)c3c(F)cccc3F)c2)c1. The molecule has 0 heterocycles. The number of halogens is 2. The number of hydrogen-bond acceptors (Lipinski definition) is 1. The van der Waals surface area contributed by atoms with Gasteiger partial charge in [-0.15, -0.1) is 0 Å². The molecule has 132 valence electrons. The van der Waals surface area contributed by atoms with E-state index in [4.69, 9.17) is 0 Å². The van der Waals surface area contributed by atoms with Crippen LogP contribution in [0, 0.1) is 32.4 Å². The zero-order valence-corrected chi connectivity index (χ0v) is 15.1. The molecule has 0 N–H and O–H groups in total. The van der Waals surface area contributed by atoms with Crippen molar-refractivity contribution >= 4 is 5.78 Å². The number of aryl methyl sites for hydroxylation is 3. The molecule has 0 saturated carbocycles. The Labute approximate surface area is 152 Å². The summed E-state index contributed by atoms with van der Waals surface area (Å²) in [7, 11) is 0. The summed E-state index contributed by atoms with van der Waals surface area (Å²) in [6, 6.07) is 15.1. The molecule has 0 amide bonds. The second-order valence-corrected chi connectivity index (χ2v) is 6.81. The van der Waals surface area contributed by atoms with Crippen LogP contribution < -0.4 is 0 Å². The monoisotopic (exact) mass is 350 g/mol. The molecule has 0 bridgehead atoms. The van der Waals surface area contributed by atoms with E-state index in [0.29, 0.717) is 12.0 Å². The van der Waals surface area contributed by atoms with Crippen LogP contribution in [-0.2, 0) is 6.42 Å². The number of ketones is 1. The Morgan fingerprint density at radius 3 is 1.85 bits per heavy atom. The zero-order chi connectivity index (χ0) is 18.8. The summed E-state index contributed by atoms with van der Waals surface area (Å²) in [6.07, 6.45) is 0.657. The molecule has 0 fully saturated rings. The molecule has 3 rings (SSSR count). The molecule has 0 aliphatic rings. The Balaban J connectivity index is 1.99. The first-order valence-corrected chi connectivity index (χ1v) is 8.50. The molecule has 3 aromatic carbocycles. The lowest BCUT2D eigenvalue weighted by Gasteiger charge is -2.10. The third kappa shape index (κ3) is 3.88. The van der Waals surface area contributed by atoms with E-state index in [9.17, 15) is 13.6 Å². The molecule has 0 spiro atoms. The van der Waals surface area contributed by atoms with E-state index >= 15 is 0 Å². The van der Waals surface area contributed by atoms with Crippen LogP contribution in [0.3, 0.4) is 0 Å². The molecule has 0 atom stereocenters. The van der Waals surface area contributed by atoms with Gasteiger partial charge < -0.3 is 0 Å². The van der Waals surface area contributed by atoms with Gasteiger partial charge in [0.25, 0.3) is 0 Å². The van der Waals surface area contributed by atoms with E-state index in [1.807, 2.05) is 26.8 Å². The molecule has 0 radical (unpaired) electrons. The largest absolute Gasteiger partial charge is 0.288 e. The molecular weight excluding hydrogens is 330 g/mol. The van der Waals surface area contributed by atoms with Gasteiger partial charge in [0.15, 0.2) is 5.78 Å². The van der Waals surface area contributed by atoms with Crippen LogP contribution >= 0.6 is 0 Å². The van der Waals surface area contributed by atoms with Crippen LogP contribution in [0.4, 0.5) is 8.78 Å². The first kappa shape index (κ1) is 18.0. The van der Waals surface area contributed by atoms with Gasteiger partial charge in [0, 0.05) is 5.56 Å². The van der Waals surface area contributed by atoms with Crippen LogP contribution in [0.2, 0.25) is 0 Å². The normalized spacial score (nSPS) is 10.8. The molecule has 26 heavy (non-hydrogen) atoms. The molecule has 1 nitrogen and oxygen atoms in total. The Bertz CT molecular complexity index is 949. The van der Waals surface area contributed by atoms with Gasteiger partial charge in [0.2, 0.25) is 0 Å². The van der Waals surface area contributed by atoms with Gasteiger partial charge in [-0.3, -0.25) is 4.79 Å². The highest BCUT2D eigenvalue weighted by atomic mass is 19.1. The minimum Gasteiger partial charge on any atom is -0.288 e. The van der Waals surface area contributed by atoms with Gasteiger partial charge in [-0.25, -0.2) is 8.78 Å². The Morgan fingerprint density at radius 2 is 1.27 bits per heavy atom. The van der Waals surface area contributed by atoms with Gasteiger partial charge in [-0.05, 0) is 62.6 Å². The number of hydrogen-bond donors (Lipinski definition) is 0. The van der Waals surface area contributed by atoms with Crippen molar-refractivity contribution in [2.24, 2.45) is 0 Å². The minimum absolute atomic E-state index is 0.299. The fraction of sp³-hybridized carbons (Fsp3) is 0.174. The van der Waals surface area contributed by atoms with Crippen molar-refractivity contribution in [3.8, 4) is 0 Å². The highest BCUT2D eigenvalue weighted by molar-refractivity contribution is 6.09. The van der Waals surface area contributed by atoms with Crippen molar-refractivity contribution in [1.82, 2.24) is 0 Å².